The molecule has 29 heavy (non-hydrogen) atoms. The Morgan fingerprint density at radius 2 is 1.90 bits per heavy atom. The van der Waals surface area contributed by atoms with Gasteiger partial charge in [-0.1, -0.05) is 11.6 Å². The summed E-state index contributed by atoms with van der Waals surface area (Å²) >= 11 is 6.31. The van der Waals surface area contributed by atoms with Gasteiger partial charge >= 0.3 is 0 Å². The molecule has 1 amide bonds. The predicted octanol–water partition coefficient (Wildman–Crippen LogP) is 4.50. The fraction of sp³-hybridized carbons (Fsp3) is 0.364. The van der Waals surface area contributed by atoms with E-state index in [9.17, 15) is 4.79 Å². The summed E-state index contributed by atoms with van der Waals surface area (Å²) in [6, 6.07) is 11.0. The van der Waals surface area contributed by atoms with Gasteiger partial charge in [-0.05, 0) is 68.7 Å². The maximum absolute atomic E-state index is 12.3. The standard InChI is InChI=1S/C22H26ClN3O3/c1-15(2)29-21-19(23)12-16(13-20(21)28-3)14-24-25-22(27)17-6-8-18(9-7-17)26-10-4-5-11-26/h6-9,12-15H,4-5,10-11H2,1-3H3,(H,25,27)/b24-14-. The fourth-order valence-electron chi connectivity index (χ4n) is 3.19. The Bertz CT molecular complexity index is 876. The van der Waals surface area contributed by atoms with Crippen molar-refractivity contribution in [2.75, 3.05) is 25.1 Å². The number of nitrogens with zero attached hydrogens (tertiary/aromatic N) is 2. The molecule has 1 aliphatic heterocycles. The average Bonchev–Trinajstić information content (AvgIpc) is 3.24. The van der Waals surface area contributed by atoms with E-state index in [1.54, 1.807) is 19.2 Å². The van der Waals surface area contributed by atoms with Crippen molar-refractivity contribution in [3.63, 3.8) is 0 Å². The van der Waals surface area contributed by atoms with E-state index in [-0.39, 0.29) is 12.0 Å². The molecule has 2 aromatic carbocycles. The van der Waals surface area contributed by atoms with Crippen LogP contribution in [0.4, 0.5) is 5.69 Å². The quantitative estimate of drug-likeness (QED) is 0.534. The van der Waals surface area contributed by atoms with E-state index in [0.717, 1.165) is 18.8 Å². The lowest BCUT2D eigenvalue weighted by Gasteiger charge is -2.17. The molecular formula is C22H26ClN3O3. The van der Waals surface area contributed by atoms with Gasteiger partial charge in [0, 0.05) is 24.3 Å². The summed E-state index contributed by atoms with van der Waals surface area (Å²) in [5.74, 6) is 0.729. The molecule has 0 aliphatic carbocycles. The minimum Gasteiger partial charge on any atom is -0.493 e. The lowest BCUT2D eigenvalue weighted by atomic mass is 10.2. The minimum absolute atomic E-state index is 0.0305. The number of anilines is 1. The van der Waals surface area contributed by atoms with Crippen LogP contribution < -0.4 is 19.8 Å². The highest BCUT2D eigenvalue weighted by atomic mass is 35.5. The number of carbonyl (C=O) groups excluding carboxylic acids is 1. The van der Waals surface area contributed by atoms with Gasteiger partial charge in [0.15, 0.2) is 11.5 Å². The zero-order valence-corrected chi connectivity index (χ0v) is 17.7. The van der Waals surface area contributed by atoms with Gasteiger partial charge in [0.25, 0.3) is 5.91 Å². The Morgan fingerprint density at radius 1 is 1.21 bits per heavy atom. The molecule has 0 radical (unpaired) electrons. The lowest BCUT2D eigenvalue weighted by Crippen LogP contribution is -2.19. The highest BCUT2D eigenvalue weighted by Crippen LogP contribution is 2.36. The van der Waals surface area contributed by atoms with Gasteiger partial charge < -0.3 is 14.4 Å². The molecular weight excluding hydrogens is 390 g/mol. The van der Waals surface area contributed by atoms with Crippen molar-refractivity contribution >= 4 is 29.4 Å². The number of benzene rings is 2. The number of nitrogens with one attached hydrogen (secondary N) is 1. The van der Waals surface area contributed by atoms with Gasteiger partial charge in [-0.3, -0.25) is 4.79 Å². The topological polar surface area (TPSA) is 63.2 Å². The first kappa shape index (κ1) is 21.0. The highest BCUT2D eigenvalue weighted by Gasteiger charge is 2.14. The molecule has 0 saturated carbocycles. The van der Waals surface area contributed by atoms with Crippen LogP contribution in [-0.4, -0.2) is 38.4 Å². The average molecular weight is 416 g/mol. The first-order chi connectivity index (χ1) is 14.0. The second-order valence-corrected chi connectivity index (χ2v) is 7.55. The Morgan fingerprint density at radius 3 is 2.52 bits per heavy atom. The van der Waals surface area contributed by atoms with Crippen molar-refractivity contribution in [3.8, 4) is 11.5 Å². The van der Waals surface area contributed by atoms with Gasteiger partial charge in [-0.15, -0.1) is 0 Å². The molecule has 6 nitrogen and oxygen atoms in total. The van der Waals surface area contributed by atoms with Crippen LogP contribution in [0.1, 0.15) is 42.6 Å². The predicted molar refractivity (Wildman–Crippen MR) is 117 cm³/mol. The molecule has 0 aromatic heterocycles. The van der Waals surface area contributed by atoms with Crippen molar-refractivity contribution < 1.29 is 14.3 Å². The van der Waals surface area contributed by atoms with Gasteiger partial charge in [-0.2, -0.15) is 5.10 Å². The number of ether oxygens (including phenoxy) is 2. The number of rotatable bonds is 7. The summed E-state index contributed by atoms with van der Waals surface area (Å²) in [6.45, 7) is 5.97. The van der Waals surface area contributed by atoms with Crippen LogP contribution in [0.2, 0.25) is 5.02 Å². The molecule has 1 saturated heterocycles. The van der Waals surface area contributed by atoms with E-state index in [1.165, 1.54) is 19.1 Å². The summed E-state index contributed by atoms with van der Waals surface area (Å²) in [6.07, 6.45) is 3.92. The zero-order chi connectivity index (χ0) is 20.8. The number of hydrogen-bond acceptors (Lipinski definition) is 5. The van der Waals surface area contributed by atoms with Crippen LogP contribution in [0.5, 0.6) is 11.5 Å². The number of carbonyl (C=O) groups is 1. The van der Waals surface area contributed by atoms with E-state index < -0.39 is 0 Å². The largest absolute Gasteiger partial charge is 0.493 e. The molecule has 154 valence electrons. The number of hydrogen-bond donors (Lipinski definition) is 1. The Kier molecular flexibility index (Phi) is 6.99. The van der Waals surface area contributed by atoms with Crippen LogP contribution in [0.15, 0.2) is 41.5 Å². The van der Waals surface area contributed by atoms with E-state index in [4.69, 9.17) is 21.1 Å². The molecule has 2 aromatic rings. The molecule has 0 spiro atoms. The Balaban J connectivity index is 1.64. The molecule has 1 N–H and O–H groups in total. The van der Waals surface area contributed by atoms with Crippen molar-refractivity contribution in [3.05, 3.63) is 52.5 Å². The molecule has 1 fully saturated rings. The summed E-state index contributed by atoms with van der Waals surface area (Å²) in [4.78, 5) is 14.6. The number of halogens is 1. The van der Waals surface area contributed by atoms with Gasteiger partial charge in [0.1, 0.15) is 0 Å². The Hall–Kier alpha value is -2.73. The second kappa shape index (κ2) is 9.65. The van der Waals surface area contributed by atoms with Crippen molar-refractivity contribution in [1.29, 1.82) is 0 Å². The summed E-state index contributed by atoms with van der Waals surface area (Å²) in [5.41, 5.74) is 4.93. The van der Waals surface area contributed by atoms with Gasteiger partial charge in [0.05, 0.1) is 24.5 Å². The SMILES string of the molecule is COc1cc(/C=N\NC(=O)c2ccc(N3CCCC3)cc2)cc(Cl)c1OC(C)C. The number of hydrazone groups is 1. The maximum atomic E-state index is 12.3. The van der Waals surface area contributed by atoms with Crippen LogP contribution in [0, 0.1) is 0 Å². The third-order valence-electron chi connectivity index (χ3n) is 4.59. The molecule has 7 heteroatoms. The Labute approximate surface area is 176 Å². The number of amides is 1. The van der Waals surface area contributed by atoms with Crippen LogP contribution in [0.25, 0.3) is 0 Å². The molecule has 0 atom stereocenters. The third-order valence-corrected chi connectivity index (χ3v) is 4.87. The van der Waals surface area contributed by atoms with E-state index in [0.29, 0.717) is 27.6 Å². The monoisotopic (exact) mass is 415 g/mol. The summed E-state index contributed by atoms with van der Waals surface area (Å²) in [5, 5.41) is 4.45. The van der Waals surface area contributed by atoms with E-state index >= 15 is 0 Å². The minimum atomic E-state index is -0.271. The van der Waals surface area contributed by atoms with Crippen molar-refractivity contribution in [1.82, 2.24) is 5.43 Å². The molecule has 0 unspecified atom stereocenters. The van der Waals surface area contributed by atoms with Crippen LogP contribution in [-0.2, 0) is 0 Å². The zero-order valence-electron chi connectivity index (χ0n) is 16.9. The first-order valence-electron chi connectivity index (χ1n) is 9.70. The normalized spacial score (nSPS) is 13.9. The molecule has 1 heterocycles. The van der Waals surface area contributed by atoms with Crippen molar-refractivity contribution in [2.24, 2.45) is 5.10 Å². The van der Waals surface area contributed by atoms with Crippen LogP contribution in [0.3, 0.4) is 0 Å². The lowest BCUT2D eigenvalue weighted by molar-refractivity contribution is 0.0955. The second-order valence-electron chi connectivity index (χ2n) is 7.14. The molecule has 3 rings (SSSR count). The van der Waals surface area contributed by atoms with Crippen molar-refractivity contribution in [2.45, 2.75) is 32.8 Å². The van der Waals surface area contributed by atoms with E-state index in [2.05, 4.69) is 15.4 Å². The van der Waals surface area contributed by atoms with E-state index in [1.807, 2.05) is 38.1 Å². The molecule has 0 bridgehead atoms. The summed E-state index contributed by atoms with van der Waals surface area (Å²) < 4.78 is 11.0. The highest BCUT2D eigenvalue weighted by molar-refractivity contribution is 6.32. The third kappa shape index (κ3) is 5.41. The smallest absolute Gasteiger partial charge is 0.271 e. The first-order valence-corrected chi connectivity index (χ1v) is 10.1. The summed E-state index contributed by atoms with van der Waals surface area (Å²) in [7, 11) is 1.55. The number of methoxy groups -OCH3 is 1. The molecule has 1 aliphatic rings. The maximum Gasteiger partial charge on any atom is 0.271 e. The van der Waals surface area contributed by atoms with Gasteiger partial charge in [-0.25, -0.2) is 5.43 Å². The van der Waals surface area contributed by atoms with Gasteiger partial charge in [0.2, 0.25) is 0 Å². The van der Waals surface area contributed by atoms with Crippen LogP contribution >= 0.6 is 11.6 Å². The fourth-order valence-corrected chi connectivity index (χ4v) is 3.46.